The van der Waals surface area contributed by atoms with Crippen LogP contribution in [0.1, 0.15) is 17.5 Å². The highest BCUT2D eigenvalue weighted by Gasteiger charge is 2.33. The van der Waals surface area contributed by atoms with Gasteiger partial charge in [-0.15, -0.1) is 13.2 Å². The van der Waals surface area contributed by atoms with Gasteiger partial charge >= 0.3 is 12.5 Å². The first kappa shape index (κ1) is 23.4. The maximum Gasteiger partial charge on any atom is 0.573 e. The fraction of sp³-hybridized carbons (Fsp3) is 0.400. The van der Waals surface area contributed by atoms with E-state index in [4.69, 9.17) is 0 Å². The van der Waals surface area contributed by atoms with Crippen molar-refractivity contribution in [3.8, 4) is 5.75 Å². The summed E-state index contributed by atoms with van der Waals surface area (Å²) < 4.78 is 104. The summed E-state index contributed by atoms with van der Waals surface area (Å²) in [5.41, 5.74) is -0.282. The fourth-order valence-corrected chi connectivity index (χ4v) is 5.20. The number of hydrogen-bond acceptors (Lipinski definition) is 4. The highest BCUT2D eigenvalue weighted by molar-refractivity contribution is 7.91. The highest BCUT2D eigenvalue weighted by Crippen LogP contribution is 2.31. The van der Waals surface area contributed by atoms with Crippen molar-refractivity contribution in [1.82, 2.24) is 4.90 Å². The molecule has 31 heavy (non-hydrogen) atoms. The molecule has 2 aromatic carbocycles. The van der Waals surface area contributed by atoms with Gasteiger partial charge < -0.3 is 4.74 Å². The van der Waals surface area contributed by atoms with E-state index in [0.29, 0.717) is 32.1 Å². The van der Waals surface area contributed by atoms with Crippen LogP contribution in [0.25, 0.3) is 0 Å². The van der Waals surface area contributed by atoms with E-state index in [9.17, 15) is 34.8 Å². The van der Waals surface area contributed by atoms with E-state index in [1.165, 1.54) is 24.3 Å². The summed E-state index contributed by atoms with van der Waals surface area (Å²) >= 11 is 0. The number of likely N-dealkylation sites (tertiary alicyclic amines) is 1. The van der Waals surface area contributed by atoms with Gasteiger partial charge in [-0.25, -0.2) is 8.42 Å². The Kier molecular flexibility index (Phi) is 6.56. The van der Waals surface area contributed by atoms with Gasteiger partial charge in [0.2, 0.25) is 0 Å². The Morgan fingerprint density at radius 2 is 1.68 bits per heavy atom. The zero-order valence-electron chi connectivity index (χ0n) is 16.1. The van der Waals surface area contributed by atoms with E-state index in [1.807, 2.05) is 4.90 Å². The van der Waals surface area contributed by atoms with Gasteiger partial charge in [-0.2, -0.15) is 13.2 Å². The molecule has 1 fully saturated rings. The molecule has 0 unspecified atom stereocenters. The summed E-state index contributed by atoms with van der Waals surface area (Å²) in [7, 11) is -3.90. The molecule has 1 aliphatic rings. The summed E-state index contributed by atoms with van der Waals surface area (Å²) in [5, 5.41) is 0. The SMILES string of the molecule is O=S(=O)(C[C@@H]1CCN(Cc2ccc(OC(F)(F)F)cc2)C1)c1cccc(C(F)(F)F)c1. The minimum atomic E-state index is -4.77. The van der Waals surface area contributed by atoms with Crippen LogP contribution in [0.4, 0.5) is 26.3 Å². The first-order valence-corrected chi connectivity index (χ1v) is 10.9. The summed E-state index contributed by atoms with van der Waals surface area (Å²) in [6, 6.07) is 9.09. The Bertz CT molecular complexity index is 1000. The first-order valence-electron chi connectivity index (χ1n) is 9.29. The minimum Gasteiger partial charge on any atom is -0.406 e. The second kappa shape index (κ2) is 8.70. The van der Waals surface area contributed by atoms with Crippen LogP contribution in [0.5, 0.6) is 5.75 Å². The van der Waals surface area contributed by atoms with Gasteiger partial charge in [-0.3, -0.25) is 4.90 Å². The number of alkyl halides is 6. The molecule has 0 bridgehead atoms. The summed E-state index contributed by atoms with van der Waals surface area (Å²) in [6.07, 6.45) is -8.85. The first-order chi connectivity index (χ1) is 14.3. The lowest BCUT2D eigenvalue weighted by Crippen LogP contribution is -2.23. The Hall–Kier alpha value is -2.27. The van der Waals surface area contributed by atoms with Crippen molar-refractivity contribution in [2.24, 2.45) is 5.92 Å². The lowest BCUT2D eigenvalue weighted by Gasteiger charge is -2.17. The number of halogens is 6. The predicted octanol–water partition coefficient (Wildman–Crippen LogP) is 4.90. The van der Waals surface area contributed by atoms with Gasteiger partial charge in [0.1, 0.15) is 5.75 Å². The molecule has 170 valence electrons. The normalized spacial score (nSPS) is 18.3. The molecule has 1 saturated heterocycles. The van der Waals surface area contributed by atoms with E-state index in [2.05, 4.69) is 4.74 Å². The third kappa shape index (κ3) is 6.60. The number of benzene rings is 2. The van der Waals surface area contributed by atoms with E-state index in [-0.39, 0.29) is 22.3 Å². The van der Waals surface area contributed by atoms with Crippen LogP contribution in [-0.2, 0) is 22.6 Å². The van der Waals surface area contributed by atoms with Gasteiger partial charge in [0, 0.05) is 13.1 Å². The number of nitrogens with zero attached hydrogens (tertiary/aromatic N) is 1. The summed E-state index contributed by atoms with van der Waals surface area (Å²) in [5.74, 6) is -0.862. The number of sulfone groups is 1. The van der Waals surface area contributed by atoms with Gasteiger partial charge in [0.05, 0.1) is 16.2 Å². The molecule has 0 radical (unpaired) electrons. The average molecular weight is 467 g/mol. The molecule has 1 atom stereocenters. The molecular weight excluding hydrogens is 448 g/mol. The van der Waals surface area contributed by atoms with Crippen LogP contribution in [0.15, 0.2) is 53.4 Å². The molecule has 2 aromatic rings. The van der Waals surface area contributed by atoms with Crippen molar-refractivity contribution in [3.05, 3.63) is 59.7 Å². The van der Waals surface area contributed by atoms with E-state index in [1.54, 1.807) is 0 Å². The van der Waals surface area contributed by atoms with Crippen LogP contribution >= 0.6 is 0 Å². The van der Waals surface area contributed by atoms with Crippen molar-refractivity contribution in [2.45, 2.75) is 30.4 Å². The molecule has 1 heterocycles. The van der Waals surface area contributed by atoms with Crippen LogP contribution in [-0.4, -0.2) is 38.5 Å². The molecule has 0 aliphatic carbocycles. The fourth-order valence-electron chi connectivity index (χ4n) is 3.52. The third-order valence-electron chi connectivity index (χ3n) is 4.91. The van der Waals surface area contributed by atoms with Crippen molar-refractivity contribution in [3.63, 3.8) is 0 Å². The Morgan fingerprint density at radius 3 is 2.29 bits per heavy atom. The lowest BCUT2D eigenvalue weighted by atomic mass is 10.1. The van der Waals surface area contributed by atoms with E-state index >= 15 is 0 Å². The predicted molar refractivity (Wildman–Crippen MR) is 100 cm³/mol. The third-order valence-corrected chi connectivity index (χ3v) is 6.79. The Morgan fingerprint density at radius 1 is 1.00 bits per heavy atom. The zero-order valence-corrected chi connectivity index (χ0v) is 16.9. The molecule has 4 nitrogen and oxygen atoms in total. The quantitative estimate of drug-likeness (QED) is 0.567. The monoisotopic (exact) mass is 467 g/mol. The van der Waals surface area contributed by atoms with Crippen molar-refractivity contribution >= 4 is 9.84 Å². The lowest BCUT2D eigenvalue weighted by molar-refractivity contribution is -0.274. The topological polar surface area (TPSA) is 46.6 Å². The second-order valence-corrected chi connectivity index (χ2v) is 9.42. The van der Waals surface area contributed by atoms with Gasteiger partial charge in [0.15, 0.2) is 9.84 Å². The minimum absolute atomic E-state index is 0.257. The highest BCUT2D eigenvalue weighted by atomic mass is 32.2. The molecule has 0 N–H and O–H groups in total. The van der Waals surface area contributed by atoms with E-state index in [0.717, 1.165) is 23.8 Å². The maximum absolute atomic E-state index is 12.9. The summed E-state index contributed by atoms with van der Waals surface area (Å²) in [4.78, 5) is 1.59. The van der Waals surface area contributed by atoms with Crippen LogP contribution in [0, 0.1) is 5.92 Å². The van der Waals surface area contributed by atoms with Gasteiger partial charge in [-0.1, -0.05) is 18.2 Å². The number of ether oxygens (including phenoxy) is 1. The smallest absolute Gasteiger partial charge is 0.406 e. The molecule has 0 saturated carbocycles. The standard InChI is InChI=1S/C20H19F6NO3S/c21-19(22,23)16-2-1-3-18(10-16)31(28,29)13-15-8-9-27(12-15)11-14-4-6-17(7-5-14)30-20(24,25)26/h1-7,10,15H,8-9,11-13H2/t15-/m1/s1. The molecule has 0 amide bonds. The van der Waals surface area contributed by atoms with Gasteiger partial charge in [-0.05, 0) is 54.8 Å². The maximum atomic E-state index is 12.9. The van der Waals surface area contributed by atoms with Crippen molar-refractivity contribution in [2.75, 3.05) is 18.8 Å². The average Bonchev–Trinajstić information content (AvgIpc) is 3.08. The largest absolute Gasteiger partial charge is 0.573 e. The van der Waals surface area contributed by atoms with Crippen molar-refractivity contribution < 1.29 is 39.5 Å². The molecule has 1 aliphatic heterocycles. The summed E-state index contributed by atoms with van der Waals surface area (Å²) in [6.45, 7) is 1.40. The van der Waals surface area contributed by atoms with Crippen LogP contribution in [0.2, 0.25) is 0 Å². The van der Waals surface area contributed by atoms with Gasteiger partial charge in [0.25, 0.3) is 0 Å². The molecular formula is C20H19F6NO3S. The van der Waals surface area contributed by atoms with Crippen LogP contribution in [0.3, 0.4) is 0 Å². The zero-order chi connectivity index (χ0) is 22.9. The molecule has 11 heteroatoms. The van der Waals surface area contributed by atoms with Crippen molar-refractivity contribution in [1.29, 1.82) is 0 Å². The van der Waals surface area contributed by atoms with Crippen LogP contribution < -0.4 is 4.74 Å². The molecule has 0 aromatic heterocycles. The van der Waals surface area contributed by atoms with E-state index < -0.39 is 27.9 Å². The Balaban J connectivity index is 1.59. The number of rotatable bonds is 6. The second-order valence-electron chi connectivity index (χ2n) is 7.39. The molecule has 3 rings (SSSR count). The number of hydrogen-bond donors (Lipinski definition) is 0. The Labute approximate surface area is 175 Å². The molecule has 0 spiro atoms.